The molecule has 1 N–H and O–H groups in total. The minimum absolute atomic E-state index is 0.0218. The van der Waals surface area contributed by atoms with Gasteiger partial charge in [0.25, 0.3) is 0 Å². The molecule has 2 atom stereocenters. The Labute approximate surface area is 122 Å². The normalized spacial score (nSPS) is 34.6. The lowest BCUT2D eigenvalue weighted by molar-refractivity contribution is -0.136. The van der Waals surface area contributed by atoms with Crippen LogP contribution in [0.4, 0.5) is 0 Å². The Balaban J connectivity index is 1.60. The van der Waals surface area contributed by atoms with E-state index in [0.717, 1.165) is 26.1 Å². The van der Waals surface area contributed by atoms with E-state index in [4.69, 9.17) is 0 Å². The van der Waals surface area contributed by atoms with E-state index in [-0.39, 0.29) is 11.5 Å². The highest BCUT2D eigenvalue weighted by Crippen LogP contribution is 2.32. The molecule has 0 radical (unpaired) electrons. The molecule has 1 amide bonds. The molecule has 0 spiro atoms. The summed E-state index contributed by atoms with van der Waals surface area (Å²) < 4.78 is 0. The fourth-order valence-electron chi connectivity index (χ4n) is 4.16. The highest BCUT2D eigenvalue weighted by Gasteiger charge is 2.41. The van der Waals surface area contributed by atoms with E-state index in [1.54, 1.807) is 0 Å². The highest BCUT2D eigenvalue weighted by atomic mass is 16.2. The molecule has 4 nitrogen and oxygen atoms in total. The van der Waals surface area contributed by atoms with E-state index in [0.29, 0.717) is 11.9 Å². The average Bonchev–Trinajstić information content (AvgIpc) is 3.08. The van der Waals surface area contributed by atoms with Gasteiger partial charge in [-0.15, -0.1) is 0 Å². The first-order valence-corrected chi connectivity index (χ1v) is 8.34. The zero-order valence-corrected chi connectivity index (χ0v) is 13.0. The second-order valence-corrected chi connectivity index (χ2v) is 7.45. The van der Waals surface area contributed by atoms with Crippen molar-refractivity contribution in [2.24, 2.45) is 5.41 Å². The number of hydrogen-bond acceptors (Lipinski definition) is 3. The number of amides is 1. The molecule has 2 unspecified atom stereocenters. The standard InChI is InChI=1S/C16H29N3O/c1-16(2)7-5-8-17-14(16)15(20)19-11-6-13(12-19)18-9-3-4-10-18/h13-14,17H,3-12H2,1-2H3. The second kappa shape index (κ2) is 5.64. The van der Waals surface area contributed by atoms with Gasteiger partial charge in [-0.25, -0.2) is 0 Å². The number of piperidine rings is 1. The molecule has 3 heterocycles. The van der Waals surface area contributed by atoms with E-state index in [1.807, 2.05) is 0 Å². The van der Waals surface area contributed by atoms with Crippen LogP contribution in [0.3, 0.4) is 0 Å². The number of carbonyl (C=O) groups is 1. The minimum atomic E-state index is 0.0218. The van der Waals surface area contributed by atoms with Crippen molar-refractivity contribution in [3.8, 4) is 0 Å². The molecule has 3 fully saturated rings. The van der Waals surface area contributed by atoms with E-state index in [9.17, 15) is 4.79 Å². The first-order chi connectivity index (χ1) is 9.58. The first-order valence-electron chi connectivity index (χ1n) is 8.34. The molecule has 0 aliphatic carbocycles. The van der Waals surface area contributed by atoms with Gasteiger partial charge in [-0.3, -0.25) is 9.69 Å². The molecule has 0 aromatic rings. The predicted molar refractivity (Wildman–Crippen MR) is 80.6 cm³/mol. The quantitative estimate of drug-likeness (QED) is 0.831. The van der Waals surface area contributed by atoms with Crippen molar-refractivity contribution < 1.29 is 4.79 Å². The SMILES string of the molecule is CC1(C)CCCNC1C(=O)N1CCC(N2CCCC2)C1. The van der Waals surface area contributed by atoms with Gasteiger partial charge in [0, 0.05) is 19.1 Å². The summed E-state index contributed by atoms with van der Waals surface area (Å²) in [6, 6.07) is 0.640. The third-order valence-electron chi connectivity index (χ3n) is 5.51. The summed E-state index contributed by atoms with van der Waals surface area (Å²) in [5.74, 6) is 0.344. The van der Waals surface area contributed by atoms with Crippen molar-refractivity contribution in [1.82, 2.24) is 15.1 Å². The lowest BCUT2D eigenvalue weighted by Gasteiger charge is -2.40. The Morgan fingerprint density at radius 1 is 1.15 bits per heavy atom. The Morgan fingerprint density at radius 2 is 1.90 bits per heavy atom. The number of nitrogens with one attached hydrogen (secondary N) is 1. The minimum Gasteiger partial charge on any atom is -0.340 e. The van der Waals surface area contributed by atoms with Crippen LogP contribution in [0.25, 0.3) is 0 Å². The summed E-state index contributed by atoms with van der Waals surface area (Å²) in [5, 5.41) is 3.47. The molecule has 4 heteroatoms. The molecule has 0 bridgehead atoms. The summed E-state index contributed by atoms with van der Waals surface area (Å²) in [5.41, 5.74) is 0.0983. The van der Waals surface area contributed by atoms with Crippen molar-refractivity contribution in [2.45, 2.75) is 58.0 Å². The van der Waals surface area contributed by atoms with E-state index >= 15 is 0 Å². The summed E-state index contributed by atoms with van der Waals surface area (Å²) in [6.45, 7) is 9.83. The topological polar surface area (TPSA) is 35.6 Å². The van der Waals surface area contributed by atoms with Gasteiger partial charge in [0.15, 0.2) is 0 Å². The van der Waals surface area contributed by atoms with Crippen molar-refractivity contribution in [3.63, 3.8) is 0 Å². The lowest BCUT2D eigenvalue weighted by atomic mass is 9.77. The van der Waals surface area contributed by atoms with Crippen LogP contribution >= 0.6 is 0 Å². The molecule has 20 heavy (non-hydrogen) atoms. The molecule has 114 valence electrons. The van der Waals surface area contributed by atoms with Crippen molar-refractivity contribution >= 4 is 5.91 Å². The van der Waals surface area contributed by atoms with Gasteiger partial charge in [-0.2, -0.15) is 0 Å². The summed E-state index contributed by atoms with van der Waals surface area (Å²) in [7, 11) is 0. The van der Waals surface area contributed by atoms with Gasteiger partial charge >= 0.3 is 0 Å². The zero-order valence-electron chi connectivity index (χ0n) is 13.0. The Kier molecular flexibility index (Phi) is 4.04. The third kappa shape index (κ3) is 2.73. The Morgan fingerprint density at radius 3 is 2.60 bits per heavy atom. The molecule has 3 saturated heterocycles. The molecule has 3 aliphatic heterocycles. The average molecular weight is 279 g/mol. The van der Waals surface area contributed by atoms with Gasteiger partial charge < -0.3 is 10.2 Å². The second-order valence-electron chi connectivity index (χ2n) is 7.45. The maximum atomic E-state index is 12.8. The maximum Gasteiger partial charge on any atom is 0.240 e. The number of carbonyl (C=O) groups excluding carboxylic acids is 1. The van der Waals surface area contributed by atoms with Crippen molar-refractivity contribution in [2.75, 3.05) is 32.7 Å². The van der Waals surface area contributed by atoms with Gasteiger partial charge in [-0.1, -0.05) is 13.8 Å². The van der Waals surface area contributed by atoms with Gasteiger partial charge in [0.2, 0.25) is 5.91 Å². The van der Waals surface area contributed by atoms with Gasteiger partial charge in [-0.05, 0) is 57.2 Å². The monoisotopic (exact) mass is 279 g/mol. The number of nitrogens with zero attached hydrogens (tertiary/aromatic N) is 2. The van der Waals surface area contributed by atoms with Gasteiger partial charge in [0.1, 0.15) is 0 Å². The van der Waals surface area contributed by atoms with Crippen LogP contribution in [-0.4, -0.2) is 60.5 Å². The lowest BCUT2D eigenvalue weighted by Crippen LogP contribution is -2.56. The summed E-state index contributed by atoms with van der Waals surface area (Å²) in [6.07, 6.45) is 6.18. The Bertz CT molecular complexity index is 363. The number of rotatable bonds is 2. The number of hydrogen-bond donors (Lipinski definition) is 1. The van der Waals surface area contributed by atoms with Gasteiger partial charge in [0.05, 0.1) is 6.04 Å². The molecular formula is C16H29N3O. The molecule has 3 rings (SSSR count). The molecule has 0 aromatic carbocycles. The van der Waals surface area contributed by atoms with Crippen LogP contribution in [0.5, 0.6) is 0 Å². The molecule has 3 aliphatic rings. The van der Waals surface area contributed by atoms with Crippen molar-refractivity contribution in [3.05, 3.63) is 0 Å². The fourth-order valence-corrected chi connectivity index (χ4v) is 4.16. The number of likely N-dealkylation sites (tertiary alicyclic amines) is 2. The summed E-state index contributed by atoms with van der Waals surface area (Å²) in [4.78, 5) is 17.5. The van der Waals surface area contributed by atoms with Crippen LogP contribution in [0.2, 0.25) is 0 Å². The van der Waals surface area contributed by atoms with Crippen LogP contribution in [0, 0.1) is 5.41 Å². The molecular weight excluding hydrogens is 250 g/mol. The van der Waals surface area contributed by atoms with Crippen LogP contribution in [0.1, 0.15) is 46.0 Å². The van der Waals surface area contributed by atoms with Crippen LogP contribution in [0.15, 0.2) is 0 Å². The summed E-state index contributed by atoms with van der Waals surface area (Å²) >= 11 is 0. The third-order valence-corrected chi connectivity index (χ3v) is 5.51. The maximum absolute atomic E-state index is 12.8. The van der Waals surface area contributed by atoms with E-state index < -0.39 is 0 Å². The first kappa shape index (κ1) is 14.3. The van der Waals surface area contributed by atoms with E-state index in [2.05, 4.69) is 29.0 Å². The fraction of sp³-hybridized carbons (Fsp3) is 0.938. The van der Waals surface area contributed by atoms with E-state index in [1.165, 1.54) is 38.8 Å². The smallest absolute Gasteiger partial charge is 0.240 e. The van der Waals surface area contributed by atoms with Crippen LogP contribution in [-0.2, 0) is 4.79 Å². The highest BCUT2D eigenvalue weighted by molar-refractivity contribution is 5.83. The zero-order chi connectivity index (χ0) is 14.2. The molecule has 0 aromatic heterocycles. The largest absolute Gasteiger partial charge is 0.340 e. The molecule has 0 saturated carbocycles. The Hall–Kier alpha value is -0.610. The predicted octanol–water partition coefficient (Wildman–Crippen LogP) is 1.46. The van der Waals surface area contributed by atoms with Crippen LogP contribution < -0.4 is 5.32 Å². The van der Waals surface area contributed by atoms with Crippen molar-refractivity contribution in [1.29, 1.82) is 0 Å².